The van der Waals surface area contributed by atoms with Crippen molar-refractivity contribution in [1.82, 2.24) is 20.4 Å². The van der Waals surface area contributed by atoms with Gasteiger partial charge in [0.1, 0.15) is 17.7 Å². The Bertz CT molecular complexity index is 1130. The minimum absolute atomic E-state index is 0.195. The number of rotatable bonds is 9. The van der Waals surface area contributed by atoms with Crippen LogP contribution in [0, 0.1) is 5.82 Å². The van der Waals surface area contributed by atoms with E-state index in [1.165, 1.54) is 7.11 Å². The molecule has 36 heavy (non-hydrogen) atoms. The smallest absolute Gasteiger partial charge is 0.406 e. The first-order chi connectivity index (χ1) is 17.2. The third-order valence-corrected chi connectivity index (χ3v) is 6.60. The van der Waals surface area contributed by atoms with E-state index in [1.807, 2.05) is 12.1 Å². The predicted octanol–water partition coefficient (Wildman–Crippen LogP) is 4.62. The molecule has 1 aromatic carbocycles. The number of halogens is 4. The first-order valence-corrected chi connectivity index (χ1v) is 11.9. The maximum atomic E-state index is 14.3. The van der Waals surface area contributed by atoms with Crippen molar-refractivity contribution in [2.45, 2.75) is 56.3 Å². The second kappa shape index (κ2) is 11.3. The summed E-state index contributed by atoms with van der Waals surface area (Å²) in [6.07, 6.45) is -2.44. The Hall–Kier alpha value is -3.10. The number of benzene rings is 1. The van der Waals surface area contributed by atoms with E-state index in [9.17, 15) is 22.7 Å². The molecule has 1 fully saturated rings. The van der Waals surface area contributed by atoms with Gasteiger partial charge in [0.25, 0.3) is 0 Å². The van der Waals surface area contributed by atoms with Gasteiger partial charge >= 0.3 is 6.36 Å². The SMILES string of the molecule is CO[C@@H](c1cc(OC(F)(F)F)ccc1F)C(O)Nc1nnc(NC2CCC(c3cccnn3)CC2)s1. The Labute approximate surface area is 207 Å². The van der Waals surface area contributed by atoms with Crippen LogP contribution in [-0.4, -0.2) is 51.2 Å². The molecule has 9 nitrogen and oxygen atoms in total. The molecule has 1 saturated carbocycles. The van der Waals surface area contributed by atoms with Gasteiger partial charge in [-0.25, -0.2) is 4.39 Å². The lowest BCUT2D eigenvalue weighted by Gasteiger charge is -2.28. The second-order valence-corrected chi connectivity index (χ2v) is 9.21. The molecule has 4 rings (SSSR count). The molecule has 0 saturated heterocycles. The summed E-state index contributed by atoms with van der Waals surface area (Å²) >= 11 is 1.14. The second-order valence-electron chi connectivity index (χ2n) is 8.23. The number of aliphatic hydroxyl groups is 1. The molecule has 0 spiro atoms. The minimum atomic E-state index is -4.95. The fourth-order valence-electron chi connectivity index (χ4n) is 4.14. The molecule has 194 valence electrons. The Morgan fingerprint density at radius 1 is 1.08 bits per heavy atom. The Morgan fingerprint density at radius 3 is 2.50 bits per heavy atom. The van der Waals surface area contributed by atoms with E-state index in [1.54, 1.807) is 6.20 Å². The van der Waals surface area contributed by atoms with Crippen LogP contribution in [0.4, 0.5) is 27.8 Å². The summed E-state index contributed by atoms with van der Waals surface area (Å²) < 4.78 is 60.9. The Morgan fingerprint density at radius 2 is 1.83 bits per heavy atom. The molecule has 3 N–H and O–H groups in total. The van der Waals surface area contributed by atoms with E-state index in [0.717, 1.165) is 60.9 Å². The van der Waals surface area contributed by atoms with Gasteiger partial charge in [-0.1, -0.05) is 11.3 Å². The maximum Gasteiger partial charge on any atom is 0.573 e. The number of alkyl halides is 3. The predicted molar refractivity (Wildman–Crippen MR) is 123 cm³/mol. The van der Waals surface area contributed by atoms with Gasteiger partial charge in [0, 0.05) is 30.8 Å². The van der Waals surface area contributed by atoms with Crippen LogP contribution in [-0.2, 0) is 4.74 Å². The minimum Gasteiger partial charge on any atom is -0.406 e. The van der Waals surface area contributed by atoms with Gasteiger partial charge in [-0.15, -0.1) is 23.4 Å². The van der Waals surface area contributed by atoms with Crippen molar-refractivity contribution < 1.29 is 32.1 Å². The van der Waals surface area contributed by atoms with Crippen LogP contribution >= 0.6 is 11.3 Å². The van der Waals surface area contributed by atoms with Crippen molar-refractivity contribution in [2.75, 3.05) is 17.7 Å². The lowest BCUT2D eigenvalue weighted by molar-refractivity contribution is -0.274. The summed E-state index contributed by atoms with van der Waals surface area (Å²) in [5, 5.41) is 33.5. The molecular weight excluding hydrogens is 504 g/mol. The van der Waals surface area contributed by atoms with E-state index in [0.29, 0.717) is 11.0 Å². The summed E-state index contributed by atoms with van der Waals surface area (Å²) in [5.74, 6) is -1.14. The van der Waals surface area contributed by atoms with E-state index >= 15 is 0 Å². The zero-order valence-electron chi connectivity index (χ0n) is 19.1. The van der Waals surface area contributed by atoms with Gasteiger partial charge in [0.15, 0.2) is 6.23 Å². The van der Waals surface area contributed by atoms with E-state index in [2.05, 4.69) is 35.8 Å². The van der Waals surface area contributed by atoms with Crippen LogP contribution in [0.5, 0.6) is 5.75 Å². The quantitative estimate of drug-likeness (QED) is 0.270. The molecule has 2 atom stereocenters. The third-order valence-electron chi connectivity index (χ3n) is 5.81. The molecule has 2 heterocycles. The summed E-state index contributed by atoms with van der Waals surface area (Å²) in [6, 6.07) is 6.53. The van der Waals surface area contributed by atoms with Crippen LogP contribution in [0.15, 0.2) is 36.5 Å². The Kier molecular flexibility index (Phi) is 8.16. The zero-order valence-corrected chi connectivity index (χ0v) is 19.9. The topological polar surface area (TPSA) is 114 Å². The van der Waals surface area contributed by atoms with E-state index < -0.39 is 30.3 Å². The normalized spacial score (nSPS) is 19.9. The molecule has 1 aliphatic carbocycles. The number of aromatic nitrogens is 4. The highest BCUT2D eigenvalue weighted by Crippen LogP contribution is 2.34. The summed E-state index contributed by atoms with van der Waals surface area (Å²) in [6.45, 7) is 0. The highest BCUT2D eigenvalue weighted by Gasteiger charge is 2.33. The number of nitrogens with zero attached hydrogens (tertiary/aromatic N) is 4. The van der Waals surface area contributed by atoms with Gasteiger partial charge in [0.05, 0.1) is 5.69 Å². The van der Waals surface area contributed by atoms with E-state index in [-0.39, 0.29) is 16.7 Å². The molecule has 2 aromatic heterocycles. The number of aliphatic hydroxyl groups excluding tert-OH is 1. The molecule has 0 amide bonds. The average molecular weight is 529 g/mol. The number of hydrogen-bond donors (Lipinski definition) is 3. The van der Waals surface area contributed by atoms with Crippen LogP contribution in [0.3, 0.4) is 0 Å². The average Bonchev–Trinajstić information content (AvgIpc) is 3.28. The number of methoxy groups -OCH3 is 1. The zero-order chi connectivity index (χ0) is 25.7. The monoisotopic (exact) mass is 528 g/mol. The summed E-state index contributed by atoms with van der Waals surface area (Å²) in [4.78, 5) is 0. The van der Waals surface area contributed by atoms with Crippen molar-refractivity contribution in [1.29, 1.82) is 0 Å². The molecule has 14 heteroatoms. The van der Waals surface area contributed by atoms with Crippen molar-refractivity contribution in [3.8, 4) is 5.75 Å². The first kappa shape index (κ1) is 26.0. The molecule has 1 aliphatic rings. The molecule has 3 aromatic rings. The number of nitrogens with one attached hydrogen (secondary N) is 2. The van der Waals surface area contributed by atoms with Crippen molar-refractivity contribution in [3.05, 3.63) is 53.6 Å². The molecule has 0 radical (unpaired) electrons. The maximum absolute atomic E-state index is 14.3. The fraction of sp³-hybridized carbons (Fsp3) is 0.455. The Balaban J connectivity index is 1.34. The fourth-order valence-corrected chi connectivity index (χ4v) is 4.90. The molecule has 1 unspecified atom stereocenters. The number of ether oxygens (including phenoxy) is 2. The highest BCUT2D eigenvalue weighted by atomic mass is 32.1. The van der Waals surface area contributed by atoms with Crippen molar-refractivity contribution in [2.24, 2.45) is 0 Å². The highest BCUT2D eigenvalue weighted by molar-refractivity contribution is 7.19. The van der Waals surface area contributed by atoms with E-state index in [4.69, 9.17) is 4.74 Å². The van der Waals surface area contributed by atoms with Crippen molar-refractivity contribution >= 4 is 21.6 Å². The lowest BCUT2D eigenvalue weighted by Crippen LogP contribution is -2.29. The molecule has 0 bridgehead atoms. The summed E-state index contributed by atoms with van der Waals surface area (Å²) in [7, 11) is 1.19. The van der Waals surface area contributed by atoms with Crippen LogP contribution < -0.4 is 15.4 Å². The lowest BCUT2D eigenvalue weighted by atomic mass is 9.84. The molecular formula is C22H24F4N6O3S. The van der Waals surface area contributed by atoms with Crippen molar-refractivity contribution in [3.63, 3.8) is 0 Å². The van der Waals surface area contributed by atoms with Gasteiger partial charge in [-0.05, 0) is 56.0 Å². The van der Waals surface area contributed by atoms with Crippen LogP contribution in [0.1, 0.15) is 49.0 Å². The summed E-state index contributed by atoms with van der Waals surface area (Å²) in [5.41, 5.74) is 0.675. The molecule has 0 aliphatic heterocycles. The first-order valence-electron chi connectivity index (χ1n) is 11.1. The van der Waals surface area contributed by atoms with Crippen LogP contribution in [0.25, 0.3) is 0 Å². The van der Waals surface area contributed by atoms with Gasteiger partial charge in [-0.2, -0.15) is 10.2 Å². The third kappa shape index (κ3) is 6.77. The van der Waals surface area contributed by atoms with Crippen LogP contribution in [0.2, 0.25) is 0 Å². The standard InChI is InChI=1S/C22H24F4N6O3S/c1-34-18(15-11-14(8-9-16(15)23)35-22(24,25)26)19(33)29-21-32-31-20(36-21)28-13-6-4-12(5-7-13)17-3-2-10-27-30-17/h2-3,8-13,18-19,33H,4-7H2,1H3,(H,28,31)(H,29,32)/t12?,13?,18-,19?/m0/s1. The number of hydrogen-bond acceptors (Lipinski definition) is 10. The number of anilines is 2. The van der Waals surface area contributed by atoms with Gasteiger partial charge in [0.2, 0.25) is 10.3 Å². The van der Waals surface area contributed by atoms with Gasteiger partial charge < -0.3 is 25.2 Å². The largest absolute Gasteiger partial charge is 0.573 e. The van der Waals surface area contributed by atoms with Gasteiger partial charge in [-0.3, -0.25) is 0 Å².